The van der Waals surface area contributed by atoms with Crippen LogP contribution in [0.15, 0.2) is 24.3 Å². The number of nitrogens with one attached hydrogen (secondary N) is 2. The molecule has 0 radical (unpaired) electrons. The van der Waals surface area contributed by atoms with Crippen molar-refractivity contribution < 1.29 is 18.7 Å². The van der Waals surface area contributed by atoms with Gasteiger partial charge >= 0.3 is 0 Å². The van der Waals surface area contributed by atoms with E-state index < -0.39 is 5.91 Å². The molecule has 124 valence electrons. The lowest BCUT2D eigenvalue weighted by Crippen LogP contribution is -2.44. The molecule has 3 rings (SSSR count). The molecule has 2 amide bonds. The molecule has 0 saturated heterocycles. The molecule has 0 aromatic heterocycles. The van der Waals surface area contributed by atoms with Gasteiger partial charge in [0.1, 0.15) is 11.6 Å². The number of hydrogen-bond donors (Lipinski definition) is 2. The highest BCUT2D eigenvalue weighted by Crippen LogP contribution is 2.49. The van der Waals surface area contributed by atoms with Gasteiger partial charge in [-0.3, -0.25) is 20.4 Å². The fraction of sp³-hybridized carbons (Fsp3) is 0.529. The summed E-state index contributed by atoms with van der Waals surface area (Å²) in [6.07, 6.45) is 5.41. The number of fused-ring (bicyclic) bond motifs is 2. The van der Waals surface area contributed by atoms with Crippen LogP contribution in [0.5, 0.6) is 5.75 Å². The van der Waals surface area contributed by atoms with Crippen molar-refractivity contribution in [2.75, 3.05) is 6.61 Å². The van der Waals surface area contributed by atoms with Crippen LogP contribution in [0.1, 0.15) is 32.1 Å². The summed E-state index contributed by atoms with van der Waals surface area (Å²) < 4.78 is 17.9. The van der Waals surface area contributed by atoms with Gasteiger partial charge in [0.2, 0.25) is 5.91 Å². The van der Waals surface area contributed by atoms with Crippen LogP contribution in [-0.2, 0) is 9.59 Å². The number of carbonyl (C=O) groups excluding carboxylic acids is 2. The highest BCUT2D eigenvalue weighted by atomic mass is 19.1. The maximum atomic E-state index is 12.7. The number of amides is 2. The second-order valence-electron chi connectivity index (χ2n) is 6.48. The summed E-state index contributed by atoms with van der Waals surface area (Å²) in [5.41, 5.74) is 4.78. The van der Waals surface area contributed by atoms with Gasteiger partial charge in [0, 0.05) is 6.42 Å². The van der Waals surface area contributed by atoms with E-state index in [4.69, 9.17) is 4.74 Å². The molecule has 3 atom stereocenters. The predicted molar refractivity (Wildman–Crippen MR) is 81.7 cm³/mol. The Hall–Kier alpha value is -2.11. The zero-order valence-corrected chi connectivity index (χ0v) is 12.9. The van der Waals surface area contributed by atoms with Crippen LogP contribution < -0.4 is 15.6 Å². The fourth-order valence-corrected chi connectivity index (χ4v) is 3.77. The molecule has 6 heteroatoms. The smallest absolute Gasteiger partial charge is 0.276 e. The second-order valence-corrected chi connectivity index (χ2v) is 6.48. The highest BCUT2D eigenvalue weighted by molar-refractivity contribution is 5.82. The third-order valence-corrected chi connectivity index (χ3v) is 4.86. The van der Waals surface area contributed by atoms with E-state index in [0.717, 1.165) is 12.3 Å². The molecule has 0 unspecified atom stereocenters. The monoisotopic (exact) mass is 320 g/mol. The van der Waals surface area contributed by atoms with Crippen LogP contribution in [0.3, 0.4) is 0 Å². The average molecular weight is 320 g/mol. The molecule has 5 nitrogen and oxygen atoms in total. The molecule has 1 aromatic rings. The van der Waals surface area contributed by atoms with E-state index in [0.29, 0.717) is 24.0 Å². The Labute approximate surface area is 134 Å². The van der Waals surface area contributed by atoms with Crippen molar-refractivity contribution in [2.24, 2.45) is 17.8 Å². The molecular weight excluding hydrogens is 299 g/mol. The summed E-state index contributed by atoms with van der Waals surface area (Å²) in [6.45, 7) is -0.236. The summed E-state index contributed by atoms with van der Waals surface area (Å²) in [5.74, 6) is 1.37. The molecular formula is C17H21FN2O3. The Balaban J connectivity index is 1.34. The van der Waals surface area contributed by atoms with Gasteiger partial charge in [-0.15, -0.1) is 0 Å². The summed E-state index contributed by atoms with van der Waals surface area (Å²) >= 11 is 0. The largest absolute Gasteiger partial charge is 0.484 e. The topological polar surface area (TPSA) is 67.4 Å². The number of hydrogen-bond acceptors (Lipinski definition) is 3. The molecule has 0 heterocycles. The lowest BCUT2D eigenvalue weighted by molar-refractivity contribution is -0.130. The van der Waals surface area contributed by atoms with Gasteiger partial charge in [0.05, 0.1) is 0 Å². The standard InChI is InChI=1S/C17H21FN2O3/c18-14-3-5-15(6-4-14)23-10-17(22)20-19-16(21)9-13-8-11-1-2-12(13)7-11/h3-6,11-13H,1-2,7-10H2,(H,19,21)(H,20,22)/t11-,12-,13-/m1/s1. The summed E-state index contributed by atoms with van der Waals surface area (Å²) in [7, 11) is 0. The first-order valence-electron chi connectivity index (χ1n) is 8.06. The van der Waals surface area contributed by atoms with Crippen LogP contribution in [0.2, 0.25) is 0 Å². The van der Waals surface area contributed by atoms with Crippen molar-refractivity contribution in [3.8, 4) is 5.75 Å². The third kappa shape index (κ3) is 4.21. The Kier molecular flexibility index (Phi) is 4.79. The number of carbonyl (C=O) groups is 2. The van der Waals surface area contributed by atoms with Crippen LogP contribution in [0.25, 0.3) is 0 Å². The quantitative estimate of drug-likeness (QED) is 0.817. The van der Waals surface area contributed by atoms with E-state index in [-0.39, 0.29) is 18.3 Å². The van der Waals surface area contributed by atoms with Gasteiger partial charge in [-0.1, -0.05) is 6.42 Å². The Morgan fingerprint density at radius 3 is 2.48 bits per heavy atom. The van der Waals surface area contributed by atoms with Gasteiger partial charge in [-0.05, 0) is 61.3 Å². The third-order valence-electron chi connectivity index (χ3n) is 4.86. The molecule has 2 N–H and O–H groups in total. The zero-order valence-electron chi connectivity index (χ0n) is 12.9. The first-order valence-corrected chi connectivity index (χ1v) is 8.06. The zero-order chi connectivity index (χ0) is 16.2. The van der Waals surface area contributed by atoms with Crippen molar-refractivity contribution in [1.29, 1.82) is 0 Å². The molecule has 23 heavy (non-hydrogen) atoms. The van der Waals surface area contributed by atoms with Crippen molar-refractivity contribution in [2.45, 2.75) is 32.1 Å². The maximum absolute atomic E-state index is 12.7. The number of ether oxygens (including phenoxy) is 1. The lowest BCUT2D eigenvalue weighted by Gasteiger charge is -2.20. The van der Waals surface area contributed by atoms with Gasteiger partial charge in [0.15, 0.2) is 6.61 Å². The van der Waals surface area contributed by atoms with Gasteiger partial charge < -0.3 is 4.74 Å². The fourth-order valence-electron chi connectivity index (χ4n) is 3.77. The number of halogens is 1. The van der Waals surface area contributed by atoms with Gasteiger partial charge in [0.25, 0.3) is 5.91 Å². The van der Waals surface area contributed by atoms with Gasteiger partial charge in [-0.2, -0.15) is 0 Å². The number of rotatable bonds is 5. The first kappa shape index (κ1) is 15.8. The summed E-state index contributed by atoms with van der Waals surface area (Å²) in [4.78, 5) is 23.5. The van der Waals surface area contributed by atoms with Gasteiger partial charge in [-0.25, -0.2) is 4.39 Å². The van der Waals surface area contributed by atoms with E-state index in [9.17, 15) is 14.0 Å². The Morgan fingerprint density at radius 1 is 1.09 bits per heavy atom. The van der Waals surface area contributed by atoms with Crippen LogP contribution in [0, 0.1) is 23.6 Å². The predicted octanol–water partition coefficient (Wildman–Crippen LogP) is 2.18. The van der Waals surface area contributed by atoms with Crippen molar-refractivity contribution in [3.63, 3.8) is 0 Å². The van der Waals surface area contributed by atoms with E-state index in [1.165, 1.54) is 43.5 Å². The minimum absolute atomic E-state index is 0.155. The lowest BCUT2D eigenvalue weighted by atomic mass is 9.86. The molecule has 2 aliphatic rings. The molecule has 2 aliphatic carbocycles. The minimum atomic E-state index is -0.449. The van der Waals surface area contributed by atoms with E-state index in [1.807, 2.05) is 0 Å². The SMILES string of the molecule is O=C(COc1ccc(F)cc1)NNC(=O)C[C@H]1C[C@@H]2CC[C@@H]1C2. The normalized spacial score (nSPS) is 25.2. The van der Waals surface area contributed by atoms with Crippen LogP contribution in [-0.4, -0.2) is 18.4 Å². The van der Waals surface area contributed by atoms with Crippen molar-refractivity contribution >= 4 is 11.8 Å². The number of benzene rings is 1. The Bertz CT molecular complexity index is 576. The number of hydrazine groups is 1. The average Bonchev–Trinajstić information content (AvgIpc) is 3.15. The van der Waals surface area contributed by atoms with Crippen LogP contribution in [0.4, 0.5) is 4.39 Å². The molecule has 2 bridgehead atoms. The van der Waals surface area contributed by atoms with E-state index in [2.05, 4.69) is 10.9 Å². The van der Waals surface area contributed by atoms with Crippen molar-refractivity contribution in [3.05, 3.63) is 30.1 Å². The Morgan fingerprint density at radius 2 is 1.83 bits per heavy atom. The van der Waals surface area contributed by atoms with E-state index >= 15 is 0 Å². The minimum Gasteiger partial charge on any atom is -0.484 e. The molecule has 2 saturated carbocycles. The molecule has 0 spiro atoms. The highest BCUT2D eigenvalue weighted by Gasteiger charge is 2.40. The molecule has 0 aliphatic heterocycles. The van der Waals surface area contributed by atoms with Crippen LogP contribution >= 0.6 is 0 Å². The molecule has 1 aromatic carbocycles. The maximum Gasteiger partial charge on any atom is 0.276 e. The molecule has 2 fully saturated rings. The van der Waals surface area contributed by atoms with Crippen molar-refractivity contribution in [1.82, 2.24) is 10.9 Å². The van der Waals surface area contributed by atoms with E-state index in [1.54, 1.807) is 0 Å². The summed E-state index contributed by atoms with van der Waals surface area (Å²) in [6, 6.07) is 5.39. The first-order chi connectivity index (χ1) is 11.1. The summed E-state index contributed by atoms with van der Waals surface area (Å²) in [5, 5.41) is 0. The second kappa shape index (κ2) is 6.98.